The van der Waals surface area contributed by atoms with Crippen LogP contribution < -0.4 is 5.32 Å². The summed E-state index contributed by atoms with van der Waals surface area (Å²) in [7, 11) is 3.81. The van der Waals surface area contributed by atoms with Crippen LogP contribution in [-0.2, 0) is 13.5 Å². The van der Waals surface area contributed by atoms with E-state index in [1.165, 1.54) is 0 Å². The number of aromatic nitrogens is 4. The van der Waals surface area contributed by atoms with Crippen molar-refractivity contribution >= 4 is 11.6 Å². The summed E-state index contributed by atoms with van der Waals surface area (Å²) in [4.78, 5) is 8.19. The number of nitrogens with one attached hydrogen (secondary N) is 1. The van der Waals surface area contributed by atoms with Gasteiger partial charge in [0.25, 0.3) is 0 Å². The largest absolute Gasteiger partial charge is 0.311 e. The average Bonchev–Trinajstić information content (AvgIpc) is 2.62. The molecule has 2 rings (SSSR count). The van der Waals surface area contributed by atoms with Gasteiger partial charge in [-0.05, 0) is 20.0 Å². The first kappa shape index (κ1) is 13.0. The number of likely N-dealkylation sites (N-methyl/N-ethyl adjacent to an activating group) is 1. The number of hydrogen-bond acceptors (Lipinski definition) is 4. The Bertz CT molecular complexity index is 523. The van der Waals surface area contributed by atoms with Crippen LogP contribution in [-0.4, -0.2) is 26.8 Å². The van der Waals surface area contributed by atoms with E-state index in [0.717, 1.165) is 28.5 Å². The van der Waals surface area contributed by atoms with Gasteiger partial charge in [-0.2, -0.15) is 5.10 Å². The third kappa shape index (κ3) is 2.52. The van der Waals surface area contributed by atoms with E-state index in [1.807, 2.05) is 31.8 Å². The molecule has 1 N–H and O–H groups in total. The minimum absolute atomic E-state index is 0.0975. The first-order valence-electron chi connectivity index (χ1n) is 5.74. The van der Waals surface area contributed by atoms with Crippen LogP contribution >= 0.6 is 11.6 Å². The molecule has 2 aromatic rings. The monoisotopic (exact) mass is 265 g/mol. The quantitative estimate of drug-likeness (QED) is 0.914. The summed E-state index contributed by atoms with van der Waals surface area (Å²) in [5.74, 6) is 0. The van der Waals surface area contributed by atoms with Gasteiger partial charge in [0.15, 0.2) is 0 Å². The number of hydrogen-bond donors (Lipinski definition) is 1. The van der Waals surface area contributed by atoms with Crippen molar-refractivity contribution in [2.75, 3.05) is 7.05 Å². The molecule has 0 radical (unpaired) electrons. The predicted octanol–water partition coefficient (Wildman–Crippen LogP) is 1.68. The molecule has 0 saturated heterocycles. The Morgan fingerprint density at radius 3 is 2.78 bits per heavy atom. The van der Waals surface area contributed by atoms with Gasteiger partial charge in [-0.1, -0.05) is 11.6 Å². The van der Waals surface area contributed by atoms with Crippen LogP contribution in [0.25, 0.3) is 0 Å². The molecule has 1 atom stereocenters. The summed E-state index contributed by atoms with van der Waals surface area (Å²) in [6.07, 6.45) is 4.03. The van der Waals surface area contributed by atoms with Gasteiger partial charge in [0.2, 0.25) is 0 Å². The smallest absolute Gasteiger partial charge is 0.115 e. The van der Waals surface area contributed by atoms with Crippen molar-refractivity contribution in [3.63, 3.8) is 0 Å². The van der Waals surface area contributed by atoms with E-state index < -0.39 is 0 Å². The SMILES string of the molecule is CNC(Cc1c(Cl)c(C)nn1C)c1ccncn1. The zero-order valence-electron chi connectivity index (χ0n) is 10.7. The van der Waals surface area contributed by atoms with E-state index in [1.54, 1.807) is 12.5 Å². The van der Waals surface area contributed by atoms with Crippen molar-refractivity contribution in [1.82, 2.24) is 25.1 Å². The van der Waals surface area contributed by atoms with Crippen molar-refractivity contribution in [2.45, 2.75) is 19.4 Å². The molecule has 0 saturated carbocycles. The van der Waals surface area contributed by atoms with E-state index in [-0.39, 0.29) is 6.04 Å². The van der Waals surface area contributed by atoms with Gasteiger partial charge >= 0.3 is 0 Å². The van der Waals surface area contributed by atoms with Gasteiger partial charge in [0, 0.05) is 19.7 Å². The Balaban J connectivity index is 2.26. The Morgan fingerprint density at radius 2 is 2.28 bits per heavy atom. The summed E-state index contributed by atoms with van der Waals surface area (Å²) < 4.78 is 1.82. The summed E-state index contributed by atoms with van der Waals surface area (Å²) in [6.45, 7) is 1.91. The molecular weight excluding hydrogens is 250 g/mol. The minimum Gasteiger partial charge on any atom is -0.311 e. The molecule has 5 nitrogen and oxygen atoms in total. The minimum atomic E-state index is 0.0975. The first-order valence-corrected chi connectivity index (χ1v) is 6.12. The molecule has 1 unspecified atom stereocenters. The van der Waals surface area contributed by atoms with Crippen LogP contribution in [0.4, 0.5) is 0 Å². The van der Waals surface area contributed by atoms with Gasteiger partial charge in [-0.25, -0.2) is 9.97 Å². The van der Waals surface area contributed by atoms with E-state index in [2.05, 4.69) is 20.4 Å². The van der Waals surface area contributed by atoms with Crippen molar-refractivity contribution in [1.29, 1.82) is 0 Å². The fourth-order valence-electron chi connectivity index (χ4n) is 1.96. The number of nitrogens with zero attached hydrogens (tertiary/aromatic N) is 4. The van der Waals surface area contributed by atoms with E-state index in [4.69, 9.17) is 11.6 Å². The van der Waals surface area contributed by atoms with Crippen LogP contribution in [0, 0.1) is 6.92 Å². The first-order chi connectivity index (χ1) is 8.63. The Kier molecular flexibility index (Phi) is 3.93. The number of rotatable bonds is 4. The van der Waals surface area contributed by atoms with Crippen molar-refractivity contribution < 1.29 is 0 Å². The molecule has 0 aliphatic carbocycles. The Morgan fingerprint density at radius 1 is 1.50 bits per heavy atom. The van der Waals surface area contributed by atoms with Crippen molar-refractivity contribution in [2.24, 2.45) is 7.05 Å². The van der Waals surface area contributed by atoms with E-state index in [9.17, 15) is 0 Å². The molecule has 0 aliphatic rings. The zero-order chi connectivity index (χ0) is 13.1. The van der Waals surface area contributed by atoms with E-state index in [0.29, 0.717) is 0 Å². The lowest BCUT2D eigenvalue weighted by Gasteiger charge is -2.15. The van der Waals surface area contributed by atoms with Crippen molar-refractivity contribution in [3.8, 4) is 0 Å². The summed E-state index contributed by atoms with van der Waals surface area (Å²) in [5.41, 5.74) is 2.81. The maximum Gasteiger partial charge on any atom is 0.115 e. The van der Waals surface area contributed by atoms with Gasteiger partial charge in [-0.15, -0.1) is 0 Å². The molecule has 0 aliphatic heterocycles. The maximum absolute atomic E-state index is 6.26. The highest BCUT2D eigenvalue weighted by molar-refractivity contribution is 6.31. The normalized spacial score (nSPS) is 12.7. The lowest BCUT2D eigenvalue weighted by atomic mass is 10.1. The molecule has 0 fully saturated rings. The second kappa shape index (κ2) is 5.46. The van der Waals surface area contributed by atoms with Crippen LogP contribution in [0.2, 0.25) is 5.02 Å². The highest BCUT2D eigenvalue weighted by Crippen LogP contribution is 2.24. The molecule has 0 aromatic carbocycles. The standard InChI is InChI=1S/C12H16ClN5/c1-8-12(13)11(18(3)17-8)6-10(14-2)9-4-5-15-7-16-9/h4-5,7,10,14H,6H2,1-3H3. The molecule has 2 aromatic heterocycles. The maximum atomic E-state index is 6.26. The number of aryl methyl sites for hydroxylation is 2. The Hall–Kier alpha value is -1.46. The van der Waals surface area contributed by atoms with E-state index >= 15 is 0 Å². The second-order valence-electron chi connectivity index (χ2n) is 4.15. The fourth-order valence-corrected chi connectivity index (χ4v) is 2.19. The molecule has 0 spiro atoms. The van der Waals surface area contributed by atoms with Gasteiger partial charge in [-0.3, -0.25) is 4.68 Å². The Labute approximate surface area is 111 Å². The predicted molar refractivity (Wildman–Crippen MR) is 70.5 cm³/mol. The average molecular weight is 266 g/mol. The fraction of sp³-hybridized carbons (Fsp3) is 0.417. The zero-order valence-corrected chi connectivity index (χ0v) is 11.4. The molecule has 0 bridgehead atoms. The molecule has 6 heteroatoms. The molecule has 18 heavy (non-hydrogen) atoms. The van der Waals surface area contributed by atoms with Gasteiger partial charge in [0.1, 0.15) is 6.33 Å². The summed E-state index contributed by atoms with van der Waals surface area (Å²) in [5, 5.41) is 8.28. The third-order valence-corrected chi connectivity index (χ3v) is 3.46. The highest BCUT2D eigenvalue weighted by atomic mass is 35.5. The summed E-state index contributed by atoms with van der Waals surface area (Å²) in [6, 6.07) is 2.00. The van der Waals surface area contributed by atoms with Gasteiger partial charge in [0.05, 0.1) is 28.1 Å². The molecule has 96 valence electrons. The molecule has 2 heterocycles. The van der Waals surface area contributed by atoms with Crippen LogP contribution in [0.3, 0.4) is 0 Å². The van der Waals surface area contributed by atoms with Crippen LogP contribution in [0.15, 0.2) is 18.6 Å². The lowest BCUT2D eigenvalue weighted by Crippen LogP contribution is -2.21. The summed E-state index contributed by atoms with van der Waals surface area (Å²) >= 11 is 6.26. The second-order valence-corrected chi connectivity index (χ2v) is 4.53. The lowest BCUT2D eigenvalue weighted by molar-refractivity contribution is 0.547. The molecule has 0 amide bonds. The topological polar surface area (TPSA) is 55.6 Å². The number of halogens is 1. The van der Waals surface area contributed by atoms with Crippen molar-refractivity contribution in [3.05, 3.63) is 40.7 Å². The van der Waals surface area contributed by atoms with Gasteiger partial charge < -0.3 is 5.32 Å². The van der Waals surface area contributed by atoms with Crippen LogP contribution in [0.1, 0.15) is 23.1 Å². The van der Waals surface area contributed by atoms with Crippen LogP contribution in [0.5, 0.6) is 0 Å². The third-order valence-electron chi connectivity index (χ3n) is 2.97. The molecular formula is C12H16ClN5. The highest BCUT2D eigenvalue weighted by Gasteiger charge is 2.18.